The number of hydrogen-bond donors (Lipinski definition) is 3. The van der Waals surface area contributed by atoms with Crippen LogP contribution in [0.15, 0.2) is 24.3 Å². The molecule has 2 rings (SSSR count). The lowest BCUT2D eigenvalue weighted by atomic mass is 9.67. The molecule has 0 radical (unpaired) electrons. The minimum atomic E-state index is -1.02. The summed E-state index contributed by atoms with van der Waals surface area (Å²) in [6, 6.07) is 0. The quantitative estimate of drug-likeness (QED) is 0.653. The molecule has 0 aromatic rings. The van der Waals surface area contributed by atoms with Crippen LogP contribution in [0.1, 0.15) is 53.9 Å². The van der Waals surface area contributed by atoms with E-state index in [4.69, 9.17) is 0 Å². The number of rotatable bonds is 1. The van der Waals surface area contributed by atoms with Gasteiger partial charge in [0, 0.05) is 6.42 Å². The van der Waals surface area contributed by atoms with Gasteiger partial charge in [-0.15, -0.1) is 0 Å². The van der Waals surface area contributed by atoms with Crippen molar-refractivity contribution in [1.29, 1.82) is 0 Å². The summed E-state index contributed by atoms with van der Waals surface area (Å²) in [4.78, 5) is 0. The fourth-order valence-electron chi connectivity index (χ4n) is 4.38. The van der Waals surface area contributed by atoms with E-state index in [0.717, 1.165) is 12.8 Å². The van der Waals surface area contributed by atoms with E-state index in [0.29, 0.717) is 6.42 Å². The molecule has 2 unspecified atom stereocenters. The Labute approximate surface area is 134 Å². The first-order valence-corrected chi connectivity index (χ1v) is 8.46. The highest BCUT2D eigenvalue weighted by molar-refractivity contribution is 5.16. The lowest BCUT2D eigenvalue weighted by Gasteiger charge is -2.41. The Morgan fingerprint density at radius 1 is 1.14 bits per heavy atom. The van der Waals surface area contributed by atoms with Gasteiger partial charge in [-0.1, -0.05) is 38.2 Å². The van der Waals surface area contributed by atoms with Gasteiger partial charge in [-0.3, -0.25) is 0 Å². The third-order valence-electron chi connectivity index (χ3n) is 5.67. The van der Waals surface area contributed by atoms with Crippen molar-refractivity contribution in [2.24, 2.45) is 23.2 Å². The van der Waals surface area contributed by atoms with Gasteiger partial charge in [-0.25, -0.2) is 0 Å². The topological polar surface area (TPSA) is 60.7 Å². The third kappa shape index (κ3) is 3.64. The number of aliphatic hydroxyl groups is 3. The van der Waals surface area contributed by atoms with E-state index in [1.54, 1.807) is 13.0 Å². The van der Waals surface area contributed by atoms with E-state index in [-0.39, 0.29) is 23.2 Å². The molecular formula is C19H32O3. The van der Waals surface area contributed by atoms with Crippen LogP contribution in [0.2, 0.25) is 0 Å². The van der Waals surface area contributed by atoms with Crippen molar-refractivity contribution in [2.75, 3.05) is 0 Å². The molecule has 0 bridgehead atoms. The van der Waals surface area contributed by atoms with Crippen molar-refractivity contribution in [3.05, 3.63) is 24.3 Å². The molecule has 0 heterocycles. The van der Waals surface area contributed by atoms with Crippen molar-refractivity contribution in [3.63, 3.8) is 0 Å². The van der Waals surface area contributed by atoms with Crippen LogP contribution >= 0.6 is 0 Å². The first kappa shape index (κ1) is 17.7. The zero-order valence-electron chi connectivity index (χ0n) is 14.6. The molecule has 3 nitrogen and oxygen atoms in total. The maximum atomic E-state index is 10.9. The number of hydrogen-bond acceptors (Lipinski definition) is 3. The van der Waals surface area contributed by atoms with Gasteiger partial charge in [-0.2, -0.15) is 0 Å². The van der Waals surface area contributed by atoms with Crippen LogP contribution in [0, 0.1) is 23.2 Å². The molecule has 6 atom stereocenters. The van der Waals surface area contributed by atoms with Gasteiger partial charge >= 0.3 is 0 Å². The summed E-state index contributed by atoms with van der Waals surface area (Å²) in [5.41, 5.74) is -1.99. The van der Waals surface area contributed by atoms with E-state index < -0.39 is 17.3 Å². The summed E-state index contributed by atoms with van der Waals surface area (Å²) in [6.45, 7) is 9.69. The smallest absolute Gasteiger partial charge is 0.0824 e. The second-order valence-corrected chi connectivity index (χ2v) is 8.54. The Hall–Kier alpha value is -0.640. The van der Waals surface area contributed by atoms with Crippen molar-refractivity contribution >= 4 is 0 Å². The summed E-state index contributed by atoms with van der Waals surface area (Å²) in [5, 5.41) is 32.0. The standard InChI is InChI=1S/C19H32O3/c1-13-6-9-18(4)10-8-14(17(2,3)21)16(18)15(20)12-19(5,22)11-7-13/h6-7,9,11,13-16,20-22H,8,10,12H2,1-5H3/b9-6+,11-7+/t13-,14?,15+,16?,18+,19+/m1/s1. The molecule has 3 N–H and O–H groups in total. The largest absolute Gasteiger partial charge is 0.393 e. The van der Waals surface area contributed by atoms with Crippen LogP contribution in [0.3, 0.4) is 0 Å². The first-order valence-electron chi connectivity index (χ1n) is 8.46. The van der Waals surface area contributed by atoms with Crippen LogP contribution in [-0.2, 0) is 0 Å². The highest BCUT2D eigenvalue weighted by Gasteiger charge is 2.52. The van der Waals surface area contributed by atoms with Crippen LogP contribution < -0.4 is 0 Å². The fourth-order valence-corrected chi connectivity index (χ4v) is 4.38. The van der Waals surface area contributed by atoms with Gasteiger partial charge < -0.3 is 15.3 Å². The van der Waals surface area contributed by atoms with E-state index in [2.05, 4.69) is 26.0 Å². The van der Waals surface area contributed by atoms with Gasteiger partial charge in [0.25, 0.3) is 0 Å². The van der Waals surface area contributed by atoms with Crippen molar-refractivity contribution in [2.45, 2.75) is 71.2 Å². The maximum Gasteiger partial charge on any atom is 0.0824 e. The second kappa shape index (κ2) is 5.77. The molecule has 0 spiro atoms. The molecule has 0 aliphatic heterocycles. The molecule has 22 heavy (non-hydrogen) atoms. The normalized spacial score (nSPS) is 49.5. The number of fused-ring (bicyclic) bond motifs is 1. The van der Waals surface area contributed by atoms with Gasteiger partial charge in [-0.05, 0) is 56.8 Å². The minimum Gasteiger partial charge on any atom is -0.393 e. The predicted octanol–water partition coefficient (Wildman–Crippen LogP) is 3.05. The zero-order chi connectivity index (χ0) is 16.8. The van der Waals surface area contributed by atoms with Crippen molar-refractivity contribution in [1.82, 2.24) is 0 Å². The van der Waals surface area contributed by atoms with Crippen molar-refractivity contribution < 1.29 is 15.3 Å². The van der Waals surface area contributed by atoms with Crippen LogP contribution in [0.5, 0.6) is 0 Å². The molecule has 0 amide bonds. The Bertz CT molecular complexity index is 458. The zero-order valence-corrected chi connectivity index (χ0v) is 14.6. The highest BCUT2D eigenvalue weighted by atomic mass is 16.3. The summed E-state index contributed by atoms with van der Waals surface area (Å²) in [5.74, 6) is 0.237. The van der Waals surface area contributed by atoms with Crippen LogP contribution in [-0.4, -0.2) is 32.6 Å². The number of allylic oxidation sites excluding steroid dienone is 3. The summed E-state index contributed by atoms with van der Waals surface area (Å²) >= 11 is 0. The van der Waals surface area contributed by atoms with E-state index in [1.165, 1.54) is 0 Å². The van der Waals surface area contributed by atoms with E-state index in [1.807, 2.05) is 19.9 Å². The van der Waals surface area contributed by atoms with Gasteiger partial charge in [0.15, 0.2) is 0 Å². The molecule has 2 aliphatic rings. The lowest BCUT2D eigenvalue weighted by molar-refractivity contribution is -0.0703. The third-order valence-corrected chi connectivity index (χ3v) is 5.67. The molecular weight excluding hydrogens is 276 g/mol. The maximum absolute atomic E-state index is 10.9. The first-order chi connectivity index (χ1) is 9.95. The Kier molecular flexibility index (Phi) is 4.65. The Morgan fingerprint density at radius 3 is 2.32 bits per heavy atom. The fraction of sp³-hybridized carbons (Fsp3) is 0.789. The van der Waals surface area contributed by atoms with Crippen LogP contribution in [0.25, 0.3) is 0 Å². The average Bonchev–Trinajstić information content (AvgIpc) is 2.71. The van der Waals surface area contributed by atoms with Gasteiger partial charge in [0.05, 0.1) is 17.3 Å². The monoisotopic (exact) mass is 308 g/mol. The minimum absolute atomic E-state index is 0.0339. The lowest BCUT2D eigenvalue weighted by Crippen LogP contribution is -2.45. The second-order valence-electron chi connectivity index (χ2n) is 8.54. The van der Waals surface area contributed by atoms with Gasteiger partial charge in [0.2, 0.25) is 0 Å². The summed E-state index contributed by atoms with van der Waals surface area (Å²) in [7, 11) is 0. The van der Waals surface area contributed by atoms with E-state index >= 15 is 0 Å². The molecule has 0 aromatic heterocycles. The molecule has 0 aromatic carbocycles. The molecule has 1 fully saturated rings. The number of aliphatic hydroxyl groups excluding tert-OH is 1. The summed E-state index contributed by atoms with van der Waals surface area (Å²) < 4.78 is 0. The molecule has 0 saturated heterocycles. The van der Waals surface area contributed by atoms with Crippen LogP contribution in [0.4, 0.5) is 0 Å². The summed E-state index contributed by atoms with van der Waals surface area (Å²) in [6.07, 6.45) is 9.69. The molecule has 3 heteroatoms. The Balaban J connectivity index is 2.44. The average molecular weight is 308 g/mol. The molecule has 1 saturated carbocycles. The predicted molar refractivity (Wildman–Crippen MR) is 89.3 cm³/mol. The molecule has 2 aliphatic carbocycles. The van der Waals surface area contributed by atoms with Gasteiger partial charge in [0.1, 0.15) is 0 Å². The van der Waals surface area contributed by atoms with Crippen molar-refractivity contribution in [3.8, 4) is 0 Å². The Morgan fingerprint density at radius 2 is 1.73 bits per heavy atom. The van der Waals surface area contributed by atoms with E-state index in [9.17, 15) is 15.3 Å². The SMILES string of the molecule is C[C@H]1/C=C/[C@](C)(O)C[C@H](O)C2C(C(C)(C)O)CC[C@]2(C)/C=C/1. The highest BCUT2D eigenvalue weighted by Crippen LogP contribution is 2.54. The molecule has 126 valence electrons.